The number of ether oxygens (including phenoxy) is 1. The molecule has 6 heteroatoms. The van der Waals surface area contributed by atoms with E-state index in [0.717, 1.165) is 0 Å². The average Bonchev–Trinajstić information content (AvgIpc) is 2.34. The Morgan fingerprint density at radius 2 is 2.00 bits per heavy atom. The molecule has 1 saturated heterocycles. The summed E-state index contributed by atoms with van der Waals surface area (Å²) in [6, 6.07) is 0. The van der Waals surface area contributed by atoms with Gasteiger partial charge in [0, 0.05) is 7.11 Å². The molecule has 22 heavy (non-hydrogen) atoms. The van der Waals surface area contributed by atoms with Crippen LogP contribution in [-0.2, 0) is 9.16 Å². The molecule has 0 bridgehead atoms. The first-order valence-electron chi connectivity index (χ1n) is 7.38. The third-order valence-corrected chi connectivity index (χ3v) is 8.90. The van der Waals surface area contributed by atoms with Crippen LogP contribution in [0.1, 0.15) is 20.8 Å². The van der Waals surface area contributed by atoms with Gasteiger partial charge in [0.1, 0.15) is 0 Å². The van der Waals surface area contributed by atoms with Gasteiger partial charge in [-0.25, -0.2) is 4.79 Å². The molecule has 5 nitrogen and oxygen atoms in total. The van der Waals surface area contributed by atoms with Gasteiger partial charge in [0.25, 0.3) is 0 Å². The summed E-state index contributed by atoms with van der Waals surface area (Å²) >= 11 is 0. The molecule has 0 spiro atoms. The van der Waals surface area contributed by atoms with Crippen LogP contribution < -0.4 is 0 Å². The van der Waals surface area contributed by atoms with E-state index in [-0.39, 0.29) is 5.04 Å². The van der Waals surface area contributed by atoms with E-state index in [1.54, 1.807) is 13.2 Å². The highest BCUT2D eigenvalue weighted by Gasteiger charge is 2.44. The Morgan fingerprint density at radius 3 is 2.45 bits per heavy atom. The summed E-state index contributed by atoms with van der Waals surface area (Å²) in [6.45, 7) is 12.2. The molecule has 1 fully saturated rings. The second-order valence-corrected chi connectivity index (χ2v) is 11.9. The number of nitrogens with zero attached hydrogens (tertiary/aromatic N) is 1. The van der Waals surface area contributed by atoms with Gasteiger partial charge in [0.15, 0.2) is 13.9 Å². The van der Waals surface area contributed by atoms with E-state index in [1.807, 2.05) is 6.08 Å². The van der Waals surface area contributed by atoms with E-state index in [0.29, 0.717) is 19.7 Å². The first kappa shape index (κ1) is 18.8. The number of methoxy groups -OCH3 is 1. The van der Waals surface area contributed by atoms with Gasteiger partial charge < -0.3 is 19.2 Å². The van der Waals surface area contributed by atoms with Crippen LogP contribution in [0.4, 0.5) is 4.79 Å². The molecular weight excluding hydrogens is 298 g/mol. The predicted molar refractivity (Wildman–Crippen MR) is 89.4 cm³/mol. The van der Waals surface area contributed by atoms with Crippen molar-refractivity contribution in [2.75, 3.05) is 26.8 Å². The lowest BCUT2D eigenvalue weighted by molar-refractivity contribution is -0.0698. The number of rotatable bonds is 4. The van der Waals surface area contributed by atoms with Crippen molar-refractivity contribution in [3.05, 3.63) is 12.2 Å². The van der Waals surface area contributed by atoms with Crippen LogP contribution in [0.5, 0.6) is 0 Å². The lowest BCUT2D eigenvalue weighted by Gasteiger charge is -2.43. The highest BCUT2D eigenvalue weighted by Crippen LogP contribution is 2.36. The van der Waals surface area contributed by atoms with Crippen LogP contribution >= 0.6 is 0 Å². The molecule has 1 aliphatic heterocycles. The Labute approximate surface area is 134 Å². The molecule has 0 atom stereocenters. The maximum Gasteiger partial charge on any atom is 0.407 e. The quantitative estimate of drug-likeness (QED) is 0.638. The fourth-order valence-electron chi connectivity index (χ4n) is 1.72. The van der Waals surface area contributed by atoms with E-state index in [1.165, 1.54) is 4.90 Å². The Bertz CT molecular complexity index is 491. The third-order valence-electron chi connectivity index (χ3n) is 4.40. The molecule has 0 aromatic carbocycles. The lowest BCUT2D eigenvalue weighted by Crippen LogP contribution is -2.63. The second kappa shape index (κ2) is 6.86. The minimum atomic E-state index is -1.72. The Morgan fingerprint density at radius 1 is 1.41 bits per heavy atom. The fourth-order valence-corrected chi connectivity index (χ4v) is 2.66. The summed E-state index contributed by atoms with van der Waals surface area (Å²) in [7, 11) is -0.168. The normalized spacial score (nSPS) is 17.8. The zero-order valence-corrected chi connectivity index (χ0v) is 15.4. The minimum absolute atomic E-state index is 0.193. The summed E-state index contributed by atoms with van der Waals surface area (Å²) in [5.41, 5.74) is -0.664. The van der Waals surface area contributed by atoms with E-state index < -0.39 is 20.0 Å². The highest BCUT2D eigenvalue weighted by molar-refractivity contribution is 6.74. The Balaban J connectivity index is 2.46. The molecule has 124 valence electrons. The number of amides is 1. The standard InChI is InChI=1S/C16H27NO4Si/c1-15(2,3)22(5,6)21-11-9-7-8-10-16(20-4)12-17(13-16)14(18)19/h7,9H,11-13H2,1-6H3,(H,18,19). The average molecular weight is 325 g/mol. The van der Waals surface area contributed by atoms with Gasteiger partial charge in [-0.1, -0.05) is 38.7 Å². The first-order chi connectivity index (χ1) is 10.0. The van der Waals surface area contributed by atoms with Crippen molar-refractivity contribution in [3.8, 4) is 11.8 Å². The molecule has 1 N–H and O–H groups in total. The largest absolute Gasteiger partial charge is 0.465 e. The van der Waals surface area contributed by atoms with Gasteiger partial charge >= 0.3 is 6.09 Å². The molecule has 1 aliphatic rings. The number of hydrogen-bond donors (Lipinski definition) is 1. The fraction of sp³-hybridized carbons (Fsp3) is 0.688. The van der Waals surface area contributed by atoms with Crippen LogP contribution in [0, 0.1) is 11.8 Å². The molecular formula is C16H27NO4Si. The number of carbonyl (C=O) groups is 1. The zero-order chi connectivity index (χ0) is 17.0. The van der Waals surface area contributed by atoms with Crippen LogP contribution in [-0.4, -0.2) is 56.8 Å². The maximum atomic E-state index is 10.8. The van der Waals surface area contributed by atoms with Gasteiger partial charge in [-0.2, -0.15) is 0 Å². The molecule has 0 saturated carbocycles. The molecule has 1 rings (SSSR count). The van der Waals surface area contributed by atoms with Crippen molar-refractivity contribution >= 4 is 14.4 Å². The Kier molecular flexibility index (Phi) is 5.85. The second-order valence-electron chi connectivity index (χ2n) is 7.08. The predicted octanol–water partition coefficient (Wildman–Crippen LogP) is 2.95. The van der Waals surface area contributed by atoms with E-state index >= 15 is 0 Å². The van der Waals surface area contributed by atoms with Crippen LogP contribution in [0.15, 0.2) is 12.2 Å². The van der Waals surface area contributed by atoms with Gasteiger partial charge in [0.2, 0.25) is 0 Å². The Hall–Kier alpha value is -1.29. The van der Waals surface area contributed by atoms with Crippen molar-refractivity contribution in [2.45, 2.75) is 44.5 Å². The molecule has 1 heterocycles. The van der Waals surface area contributed by atoms with Crippen molar-refractivity contribution in [3.63, 3.8) is 0 Å². The van der Waals surface area contributed by atoms with Crippen molar-refractivity contribution in [1.29, 1.82) is 0 Å². The van der Waals surface area contributed by atoms with Crippen molar-refractivity contribution < 1.29 is 19.1 Å². The number of likely N-dealkylation sites (tertiary alicyclic amines) is 1. The van der Waals surface area contributed by atoms with E-state index in [2.05, 4.69) is 45.7 Å². The maximum absolute atomic E-state index is 10.8. The summed E-state index contributed by atoms with van der Waals surface area (Å²) in [5, 5.41) is 9.03. The SMILES string of the molecule is COC1(C#CC=CCO[Si](C)(C)C(C)(C)C)CN(C(=O)O)C1. The molecule has 1 amide bonds. The molecule has 0 aromatic rings. The smallest absolute Gasteiger partial charge is 0.407 e. The van der Waals surface area contributed by atoms with Crippen LogP contribution in [0.3, 0.4) is 0 Å². The first-order valence-corrected chi connectivity index (χ1v) is 10.3. The number of carboxylic acid groups (broad SMARTS) is 1. The van der Waals surface area contributed by atoms with Crippen molar-refractivity contribution in [2.24, 2.45) is 0 Å². The van der Waals surface area contributed by atoms with Gasteiger partial charge in [-0.05, 0) is 24.2 Å². The monoisotopic (exact) mass is 325 g/mol. The summed E-state index contributed by atoms with van der Waals surface area (Å²) in [6.07, 6.45) is 2.70. The van der Waals surface area contributed by atoms with Crippen LogP contribution in [0.25, 0.3) is 0 Å². The van der Waals surface area contributed by atoms with Crippen LogP contribution in [0.2, 0.25) is 18.1 Å². The van der Waals surface area contributed by atoms with Gasteiger partial charge in [-0.3, -0.25) is 0 Å². The summed E-state index contributed by atoms with van der Waals surface area (Å²) in [4.78, 5) is 12.1. The minimum Gasteiger partial charge on any atom is -0.465 e. The molecule has 0 unspecified atom stereocenters. The van der Waals surface area contributed by atoms with E-state index in [9.17, 15) is 4.79 Å². The summed E-state index contributed by atoms with van der Waals surface area (Å²) in [5.74, 6) is 5.91. The third kappa shape index (κ3) is 4.60. The number of allylic oxidation sites excluding steroid dienone is 1. The summed E-state index contributed by atoms with van der Waals surface area (Å²) < 4.78 is 11.3. The van der Waals surface area contributed by atoms with Gasteiger partial charge in [-0.15, -0.1) is 0 Å². The highest BCUT2D eigenvalue weighted by atomic mass is 28.4. The topological polar surface area (TPSA) is 59.0 Å². The zero-order valence-electron chi connectivity index (χ0n) is 14.4. The lowest BCUT2D eigenvalue weighted by atomic mass is 9.95. The number of hydrogen-bond acceptors (Lipinski definition) is 3. The molecule has 0 radical (unpaired) electrons. The van der Waals surface area contributed by atoms with Crippen molar-refractivity contribution in [1.82, 2.24) is 4.90 Å². The van der Waals surface area contributed by atoms with Gasteiger partial charge in [0.05, 0.1) is 19.7 Å². The molecule has 0 aromatic heterocycles. The molecule has 0 aliphatic carbocycles. The van der Waals surface area contributed by atoms with E-state index in [4.69, 9.17) is 14.3 Å².